The number of nitrogens with zero attached hydrogens (tertiary/aromatic N) is 2. The van der Waals surface area contributed by atoms with Gasteiger partial charge in [-0.05, 0) is 53.6 Å². The minimum Gasteiger partial charge on any atom is -0.497 e. The average molecular weight is 445 g/mol. The predicted molar refractivity (Wildman–Crippen MR) is 118 cm³/mol. The summed E-state index contributed by atoms with van der Waals surface area (Å²) in [7, 11) is 1.65. The monoisotopic (exact) mass is 444 g/mol. The minimum absolute atomic E-state index is 0.0673. The van der Waals surface area contributed by atoms with Gasteiger partial charge in [0.15, 0.2) is 0 Å². The van der Waals surface area contributed by atoms with Gasteiger partial charge in [0, 0.05) is 21.1 Å². The molecule has 5 rings (SSSR count). The summed E-state index contributed by atoms with van der Waals surface area (Å²) >= 11 is 3.51. The van der Waals surface area contributed by atoms with Crippen LogP contribution in [0, 0.1) is 0 Å². The zero-order chi connectivity index (χ0) is 20.0. The van der Waals surface area contributed by atoms with E-state index in [2.05, 4.69) is 28.1 Å². The summed E-state index contributed by atoms with van der Waals surface area (Å²) in [5.74, 6) is 0.698. The Morgan fingerprint density at radius 2 is 1.76 bits per heavy atom. The number of carbonyl (C=O) groups excluding carboxylic acids is 1. The van der Waals surface area contributed by atoms with Crippen molar-refractivity contribution in [2.24, 2.45) is 0 Å². The van der Waals surface area contributed by atoms with E-state index in [4.69, 9.17) is 9.72 Å². The number of methoxy groups -OCH3 is 1. The lowest BCUT2D eigenvalue weighted by Gasteiger charge is -2.15. The van der Waals surface area contributed by atoms with E-state index in [0.29, 0.717) is 12.2 Å². The molecule has 0 atom stereocenters. The number of hydrogen-bond donors (Lipinski definition) is 0. The van der Waals surface area contributed by atoms with Crippen LogP contribution in [0.4, 0.5) is 5.69 Å². The van der Waals surface area contributed by atoms with Crippen LogP contribution in [-0.4, -0.2) is 18.0 Å². The van der Waals surface area contributed by atoms with E-state index in [1.54, 1.807) is 12.0 Å². The van der Waals surface area contributed by atoms with Crippen molar-refractivity contribution in [3.63, 3.8) is 0 Å². The molecular formula is C24H17BrN2O2. The fourth-order valence-electron chi connectivity index (χ4n) is 3.86. The molecule has 0 fully saturated rings. The van der Waals surface area contributed by atoms with Crippen molar-refractivity contribution < 1.29 is 9.53 Å². The van der Waals surface area contributed by atoms with Gasteiger partial charge in [-0.2, -0.15) is 0 Å². The molecule has 142 valence electrons. The molecule has 0 saturated heterocycles. The Balaban J connectivity index is 1.78. The molecule has 1 aromatic heterocycles. The smallest absolute Gasteiger partial charge is 0.277 e. The number of para-hydroxylation sites is 1. The molecule has 0 bridgehead atoms. The number of anilines is 1. The van der Waals surface area contributed by atoms with E-state index in [0.717, 1.165) is 43.5 Å². The number of rotatable bonds is 3. The Kier molecular flexibility index (Phi) is 4.32. The number of fused-ring (bicyclic) bond motifs is 2. The SMILES string of the molecule is COc1ccc2nc3c(c(-c4ccc(Br)cc4)c2c1)CN(c1ccccc1)C3=O. The van der Waals surface area contributed by atoms with Crippen LogP contribution in [0.3, 0.4) is 0 Å². The lowest BCUT2D eigenvalue weighted by Crippen LogP contribution is -2.23. The van der Waals surface area contributed by atoms with Crippen LogP contribution < -0.4 is 9.64 Å². The van der Waals surface area contributed by atoms with Crippen molar-refractivity contribution in [1.29, 1.82) is 0 Å². The number of benzene rings is 3. The van der Waals surface area contributed by atoms with E-state index in [-0.39, 0.29) is 5.91 Å². The Morgan fingerprint density at radius 1 is 1.00 bits per heavy atom. The molecule has 0 aliphatic carbocycles. The highest BCUT2D eigenvalue weighted by molar-refractivity contribution is 9.10. The molecule has 4 nitrogen and oxygen atoms in total. The zero-order valence-corrected chi connectivity index (χ0v) is 17.3. The van der Waals surface area contributed by atoms with Gasteiger partial charge < -0.3 is 9.64 Å². The molecule has 0 radical (unpaired) electrons. The predicted octanol–water partition coefficient (Wildman–Crippen LogP) is 5.83. The molecule has 0 spiro atoms. The molecule has 2 heterocycles. The molecular weight excluding hydrogens is 428 g/mol. The normalized spacial score (nSPS) is 13.0. The molecule has 1 amide bonds. The summed E-state index contributed by atoms with van der Waals surface area (Å²) in [6, 6.07) is 23.7. The highest BCUT2D eigenvalue weighted by Crippen LogP contribution is 2.40. The Labute approximate surface area is 176 Å². The Hall–Kier alpha value is -3.18. The molecule has 1 aliphatic heterocycles. The first-order valence-electron chi connectivity index (χ1n) is 9.29. The molecule has 0 saturated carbocycles. The zero-order valence-electron chi connectivity index (χ0n) is 15.7. The largest absolute Gasteiger partial charge is 0.497 e. The van der Waals surface area contributed by atoms with Gasteiger partial charge in [0.2, 0.25) is 0 Å². The number of amides is 1. The lowest BCUT2D eigenvalue weighted by molar-refractivity contribution is 0.0992. The molecule has 0 N–H and O–H groups in total. The fraction of sp³-hybridized carbons (Fsp3) is 0.0833. The number of pyridine rings is 1. The maximum Gasteiger partial charge on any atom is 0.277 e. The first kappa shape index (κ1) is 17.9. The van der Waals surface area contributed by atoms with Gasteiger partial charge in [-0.25, -0.2) is 4.98 Å². The van der Waals surface area contributed by atoms with Gasteiger partial charge in [0.1, 0.15) is 11.4 Å². The second kappa shape index (κ2) is 7.01. The summed E-state index contributed by atoms with van der Waals surface area (Å²) in [5.41, 5.74) is 5.20. The highest BCUT2D eigenvalue weighted by Gasteiger charge is 2.33. The third-order valence-electron chi connectivity index (χ3n) is 5.26. The highest BCUT2D eigenvalue weighted by atomic mass is 79.9. The van der Waals surface area contributed by atoms with Crippen LogP contribution in [0.5, 0.6) is 5.75 Å². The molecule has 29 heavy (non-hydrogen) atoms. The minimum atomic E-state index is -0.0673. The van der Waals surface area contributed by atoms with Crippen molar-refractivity contribution in [3.05, 3.63) is 88.5 Å². The van der Waals surface area contributed by atoms with Gasteiger partial charge >= 0.3 is 0 Å². The summed E-state index contributed by atoms with van der Waals surface area (Å²) in [5, 5.41) is 0.980. The van der Waals surface area contributed by atoms with Crippen LogP contribution in [0.15, 0.2) is 77.3 Å². The van der Waals surface area contributed by atoms with Crippen LogP contribution in [-0.2, 0) is 6.54 Å². The Morgan fingerprint density at radius 3 is 2.48 bits per heavy atom. The summed E-state index contributed by atoms with van der Waals surface area (Å²) in [4.78, 5) is 19.8. The van der Waals surface area contributed by atoms with Crippen molar-refractivity contribution in [3.8, 4) is 16.9 Å². The number of aromatic nitrogens is 1. The quantitative estimate of drug-likeness (QED) is 0.398. The second-order valence-electron chi connectivity index (χ2n) is 6.93. The third-order valence-corrected chi connectivity index (χ3v) is 5.79. The van der Waals surface area contributed by atoms with E-state index in [1.165, 1.54) is 0 Å². The maximum absolute atomic E-state index is 13.2. The number of halogens is 1. The summed E-state index contributed by atoms with van der Waals surface area (Å²) in [6.07, 6.45) is 0. The summed E-state index contributed by atoms with van der Waals surface area (Å²) < 4.78 is 6.46. The van der Waals surface area contributed by atoms with Gasteiger partial charge in [-0.1, -0.05) is 46.3 Å². The van der Waals surface area contributed by atoms with E-state index in [9.17, 15) is 4.79 Å². The second-order valence-corrected chi connectivity index (χ2v) is 7.85. The standard InChI is InChI=1S/C24H17BrN2O2/c1-29-18-11-12-21-19(13-18)22(15-7-9-16(25)10-8-15)20-14-27(24(28)23(20)26-21)17-5-3-2-4-6-17/h2-13H,14H2,1H3. The molecule has 1 aliphatic rings. The molecule has 3 aromatic carbocycles. The lowest BCUT2D eigenvalue weighted by atomic mass is 9.95. The van der Waals surface area contributed by atoms with E-state index in [1.807, 2.05) is 60.7 Å². The summed E-state index contributed by atoms with van der Waals surface area (Å²) in [6.45, 7) is 0.490. The van der Waals surface area contributed by atoms with Crippen molar-refractivity contribution in [2.75, 3.05) is 12.0 Å². The van der Waals surface area contributed by atoms with Gasteiger partial charge in [0.05, 0.1) is 19.2 Å². The van der Waals surface area contributed by atoms with E-state index < -0.39 is 0 Å². The molecule has 4 aromatic rings. The van der Waals surface area contributed by atoms with Crippen LogP contribution >= 0.6 is 15.9 Å². The maximum atomic E-state index is 13.2. The third kappa shape index (κ3) is 2.98. The van der Waals surface area contributed by atoms with Crippen molar-refractivity contribution in [1.82, 2.24) is 4.98 Å². The topological polar surface area (TPSA) is 42.4 Å². The van der Waals surface area contributed by atoms with Gasteiger partial charge in [0.25, 0.3) is 5.91 Å². The Bertz CT molecular complexity index is 1240. The molecule has 5 heteroatoms. The fourth-order valence-corrected chi connectivity index (χ4v) is 4.12. The van der Waals surface area contributed by atoms with Gasteiger partial charge in [-0.3, -0.25) is 4.79 Å². The average Bonchev–Trinajstić information content (AvgIpc) is 3.09. The van der Waals surface area contributed by atoms with Crippen molar-refractivity contribution >= 4 is 38.4 Å². The molecule has 0 unspecified atom stereocenters. The van der Waals surface area contributed by atoms with Gasteiger partial charge in [-0.15, -0.1) is 0 Å². The number of carbonyl (C=O) groups is 1. The first-order chi connectivity index (χ1) is 14.2. The first-order valence-corrected chi connectivity index (χ1v) is 10.1. The van der Waals surface area contributed by atoms with Crippen molar-refractivity contribution in [2.45, 2.75) is 6.54 Å². The number of hydrogen-bond acceptors (Lipinski definition) is 3. The number of ether oxygens (including phenoxy) is 1. The van der Waals surface area contributed by atoms with Crippen LogP contribution in [0.25, 0.3) is 22.0 Å². The van der Waals surface area contributed by atoms with Crippen LogP contribution in [0.2, 0.25) is 0 Å². The van der Waals surface area contributed by atoms with E-state index >= 15 is 0 Å². The van der Waals surface area contributed by atoms with Crippen LogP contribution in [0.1, 0.15) is 16.1 Å².